The van der Waals surface area contributed by atoms with Crippen LogP contribution < -0.4 is 5.56 Å². The highest BCUT2D eigenvalue weighted by Gasteiger charge is 2.15. The van der Waals surface area contributed by atoms with Crippen molar-refractivity contribution in [3.63, 3.8) is 0 Å². The molecule has 2 heterocycles. The van der Waals surface area contributed by atoms with Crippen molar-refractivity contribution >= 4 is 49.4 Å². The lowest BCUT2D eigenvalue weighted by molar-refractivity contribution is 0.436. The monoisotopic (exact) mass is 437 g/mol. The first kappa shape index (κ1) is 18.1. The zero-order chi connectivity index (χ0) is 19.8. The van der Waals surface area contributed by atoms with Crippen molar-refractivity contribution in [1.82, 2.24) is 14.1 Å². The Hall–Kier alpha value is -3.26. The average Bonchev–Trinajstić information content (AvgIpc) is 2.92. The number of hydrogen-bond donors (Lipinski definition) is 1. The lowest BCUT2D eigenvalue weighted by Gasteiger charge is -2.07. The van der Waals surface area contributed by atoms with Crippen LogP contribution in [-0.2, 0) is 13.6 Å². The van der Waals surface area contributed by atoms with Crippen LogP contribution in [0, 0.1) is 0 Å². The van der Waals surface area contributed by atoms with Gasteiger partial charge in [0.1, 0.15) is 0 Å². The Kier molecular flexibility index (Phi) is 4.56. The highest BCUT2D eigenvalue weighted by Crippen LogP contribution is 2.39. The minimum absolute atomic E-state index is 0.0183. The van der Waals surface area contributed by atoms with Crippen molar-refractivity contribution in [3.05, 3.63) is 69.9 Å². The van der Waals surface area contributed by atoms with E-state index in [4.69, 9.17) is 0 Å². The van der Waals surface area contributed by atoms with E-state index in [9.17, 15) is 9.90 Å². The van der Waals surface area contributed by atoms with Crippen molar-refractivity contribution in [2.45, 2.75) is 6.54 Å². The van der Waals surface area contributed by atoms with E-state index in [2.05, 4.69) is 37.7 Å². The number of aryl methyl sites for hydroxylation is 1. The maximum Gasteiger partial charge on any atom is 0.263 e. The van der Waals surface area contributed by atoms with Gasteiger partial charge in [-0.1, -0.05) is 34.1 Å². The van der Waals surface area contributed by atoms with Crippen LogP contribution >= 0.6 is 15.9 Å². The van der Waals surface area contributed by atoms with Gasteiger partial charge in [0.15, 0.2) is 5.69 Å². The molecular formula is C20H16BrN5O2. The van der Waals surface area contributed by atoms with E-state index in [0.717, 1.165) is 15.4 Å². The van der Waals surface area contributed by atoms with Crippen molar-refractivity contribution in [2.24, 2.45) is 17.3 Å². The molecule has 1 N–H and O–H groups in total. The maximum atomic E-state index is 12.8. The first-order valence-corrected chi connectivity index (χ1v) is 9.29. The van der Waals surface area contributed by atoms with Crippen LogP contribution in [0.25, 0.3) is 21.8 Å². The number of benzene rings is 2. The van der Waals surface area contributed by atoms with E-state index in [-0.39, 0.29) is 23.9 Å². The largest absolute Gasteiger partial charge is 0.493 e. The Morgan fingerprint density at radius 3 is 2.79 bits per heavy atom. The molecule has 0 saturated heterocycles. The van der Waals surface area contributed by atoms with Crippen LogP contribution in [0.4, 0.5) is 11.6 Å². The molecule has 7 nitrogen and oxygen atoms in total. The van der Waals surface area contributed by atoms with Crippen molar-refractivity contribution in [1.29, 1.82) is 0 Å². The van der Waals surface area contributed by atoms with Gasteiger partial charge in [-0.2, -0.15) is 0 Å². The molecule has 8 heteroatoms. The van der Waals surface area contributed by atoms with Crippen molar-refractivity contribution < 1.29 is 5.11 Å². The fourth-order valence-electron chi connectivity index (χ4n) is 3.10. The van der Waals surface area contributed by atoms with Crippen LogP contribution in [-0.4, -0.2) is 19.2 Å². The van der Waals surface area contributed by atoms with Crippen LogP contribution in [0.1, 0.15) is 0 Å². The molecule has 4 rings (SSSR count). The van der Waals surface area contributed by atoms with E-state index < -0.39 is 0 Å². The number of aromatic nitrogens is 3. The molecule has 2 aromatic carbocycles. The molecule has 140 valence electrons. The van der Waals surface area contributed by atoms with Gasteiger partial charge < -0.3 is 9.67 Å². The fourth-order valence-corrected chi connectivity index (χ4v) is 3.46. The number of fused-ring (bicyclic) bond motifs is 2. The number of aromatic hydroxyl groups is 1. The second kappa shape index (κ2) is 7.05. The van der Waals surface area contributed by atoms with Gasteiger partial charge in [-0.3, -0.25) is 9.36 Å². The third-order valence-corrected chi connectivity index (χ3v) is 4.99. The Morgan fingerprint density at radius 1 is 1.21 bits per heavy atom. The molecule has 0 bridgehead atoms. The Morgan fingerprint density at radius 2 is 2.00 bits per heavy atom. The minimum Gasteiger partial charge on any atom is -0.493 e. The first-order valence-electron chi connectivity index (χ1n) is 8.50. The summed E-state index contributed by atoms with van der Waals surface area (Å²) in [6, 6.07) is 12.7. The van der Waals surface area contributed by atoms with E-state index >= 15 is 0 Å². The Bertz CT molecular complexity index is 1320. The summed E-state index contributed by atoms with van der Waals surface area (Å²) in [5.41, 5.74) is 1.44. The van der Waals surface area contributed by atoms with E-state index in [0.29, 0.717) is 16.6 Å². The molecule has 0 aliphatic rings. The van der Waals surface area contributed by atoms with Gasteiger partial charge >= 0.3 is 0 Å². The number of azo groups is 1. The third-order valence-electron chi connectivity index (χ3n) is 4.50. The van der Waals surface area contributed by atoms with Crippen LogP contribution in [0.3, 0.4) is 0 Å². The van der Waals surface area contributed by atoms with Gasteiger partial charge in [-0.25, -0.2) is 4.98 Å². The SMILES string of the molecule is C=CCn1c(N=Nc2c(O)n(C)c3ccc(Br)cc23)nc2ccccc2c1=O. The lowest BCUT2D eigenvalue weighted by Crippen LogP contribution is -2.20. The predicted molar refractivity (Wildman–Crippen MR) is 113 cm³/mol. The summed E-state index contributed by atoms with van der Waals surface area (Å²) in [4.78, 5) is 17.3. The van der Waals surface area contributed by atoms with Gasteiger partial charge in [0.05, 0.1) is 16.4 Å². The minimum atomic E-state index is -0.218. The summed E-state index contributed by atoms with van der Waals surface area (Å²) in [6.45, 7) is 3.94. The fraction of sp³-hybridized carbons (Fsp3) is 0.100. The van der Waals surface area contributed by atoms with Crippen LogP contribution in [0.5, 0.6) is 5.88 Å². The van der Waals surface area contributed by atoms with Gasteiger partial charge in [-0.15, -0.1) is 16.8 Å². The molecule has 0 saturated carbocycles. The number of hydrogen-bond acceptors (Lipinski definition) is 5. The van der Waals surface area contributed by atoms with E-state index in [1.165, 1.54) is 4.57 Å². The van der Waals surface area contributed by atoms with Crippen LogP contribution in [0.15, 0.2) is 74.6 Å². The molecule has 0 aliphatic carbocycles. The quantitative estimate of drug-likeness (QED) is 0.361. The van der Waals surface area contributed by atoms with Gasteiger partial charge in [0, 0.05) is 23.5 Å². The smallest absolute Gasteiger partial charge is 0.263 e. The molecule has 0 unspecified atom stereocenters. The zero-order valence-corrected chi connectivity index (χ0v) is 16.6. The third kappa shape index (κ3) is 2.91. The number of nitrogens with zero attached hydrogens (tertiary/aromatic N) is 5. The maximum absolute atomic E-state index is 12.8. The average molecular weight is 438 g/mol. The highest BCUT2D eigenvalue weighted by atomic mass is 79.9. The zero-order valence-electron chi connectivity index (χ0n) is 15.0. The molecule has 0 fully saturated rings. The van der Waals surface area contributed by atoms with E-state index in [1.54, 1.807) is 35.9 Å². The molecule has 0 atom stereocenters. The number of rotatable bonds is 4. The summed E-state index contributed by atoms with van der Waals surface area (Å²) in [5.74, 6) is 0.130. The van der Waals surface area contributed by atoms with Crippen LogP contribution in [0.2, 0.25) is 0 Å². The molecule has 2 aromatic heterocycles. The summed E-state index contributed by atoms with van der Waals surface area (Å²) in [7, 11) is 1.74. The molecule has 4 aromatic rings. The normalized spacial score (nSPS) is 11.6. The van der Waals surface area contributed by atoms with Gasteiger partial charge in [0.2, 0.25) is 5.88 Å². The molecular weight excluding hydrogens is 422 g/mol. The lowest BCUT2D eigenvalue weighted by atomic mass is 10.2. The topological polar surface area (TPSA) is 84.8 Å². The molecule has 0 radical (unpaired) electrons. The number of para-hydroxylation sites is 1. The standard InChI is InChI=1S/C20H16BrN5O2/c1-3-10-26-18(27)13-6-4-5-7-15(13)22-20(26)24-23-17-14-11-12(21)8-9-16(14)25(2)19(17)28/h3-9,11,28H,1,10H2,2H3. The second-order valence-corrected chi connectivity index (χ2v) is 7.14. The molecule has 0 aliphatic heterocycles. The predicted octanol–water partition coefficient (Wildman–Crippen LogP) is 4.96. The first-order chi connectivity index (χ1) is 13.5. The summed E-state index contributed by atoms with van der Waals surface area (Å²) in [5, 5.41) is 20.1. The summed E-state index contributed by atoms with van der Waals surface area (Å²) in [6.07, 6.45) is 1.60. The number of halogens is 1. The summed E-state index contributed by atoms with van der Waals surface area (Å²) < 4.78 is 3.88. The highest BCUT2D eigenvalue weighted by molar-refractivity contribution is 9.10. The molecule has 28 heavy (non-hydrogen) atoms. The number of allylic oxidation sites excluding steroid dienone is 1. The van der Waals surface area contributed by atoms with E-state index in [1.807, 2.05) is 24.3 Å². The molecule has 0 spiro atoms. The van der Waals surface area contributed by atoms with Gasteiger partial charge in [0.25, 0.3) is 11.5 Å². The summed E-state index contributed by atoms with van der Waals surface area (Å²) >= 11 is 3.43. The Balaban J connectivity index is 1.92. The second-order valence-electron chi connectivity index (χ2n) is 6.23. The van der Waals surface area contributed by atoms with Crippen molar-refractivity contribution in [2.75, 3.05) is 0 Å². The molecule has 0 amide bonds. The van der Waals surface area contributed by atoms with Gasteiger partial charge in [-0.05, 0) is 30.3 Å². The van der Waals surface area contributed by atoms with Crippen molar-refractivity contribution in [3.8, 4) is 5.88 Å². The Labute approximate surface area is 168 Å².